The zero-order valence-corrected chi connectivity index (χ0v) is 10.3. The van der Waals surface area contributed by atoms with Crippen LogP contribution in [0.1, 0.15) is 5.56 Å². The Labute approximate surface area is 101 Å². The lowest BCUT2D eigenvalue weighted by Crippen LogP contribution is -2.33. The summed E-state index contributed by atoms with van der Waals surface area (Å²) in [5.74, 6) is 2.23. The molecule has 0 fully saturated rings. The van der Waals surface area contributed by atoms with Gasteiger partial charge in [-0.25, -0.2) is 8.42 Å². The minimum atomic E-state index is -3.68. The molecule has 0 aliphatic rings. The topological polar surface area (TPSA) is 54.5 Å². The second kappa shape index (κ2) is 5.62. The van der Waals surface area contributed by atoms with Crippen LogP contribution in [0.3, 0.4) is 0 Å². The van der Waals surface area contributed by atoms with E-state index in [0.717, 1.165) is 9.87 Å². The minimum Gasteiger partial charge on any atom is -0.302 e. The molecule has 0 aliphatic carbocycles. The lowest BCUT2D eigenvalue weighted by Gasteiger charge is -2.17. The largest absolute Gasteiger partial charge is 0.302 e. The Morgan fingerprint density at radius 1 is 1.35 bits per heavy atom. The molecule has 0 bridgehead atoms. The highest BCUT2D eigenvalue weighted by atomic mass is 32.2. The summed E-state index contributed by atoms with van der Waals surface area (Å²) in [5, 5.41) is 0. The standard InChI is InChI=1S/C12H13NO3S/c1-3-8-13(9-10-14)17(15,16)12-6-4-11(2)5-7-12/h1,4-7,10H,8-9H2,2H3. The number of aryl methyl sites for hydroxylation is 1. The number of carbonyl (C=O) groups excluding carboxylic acids is 1. The Kier molecular flexibility index (Phi) is 4.44. The molecule has 1 rings (SSSR count). The molecule has 0 N–H and O–H groups in total. The summed E-state index contributed by atoms with van der Waals surface area (Å²) in [6, 6.07) is 6.39. The Hall–Kier alpha value is -1.64. The zero-order valence-electron chi connectivity index (χ0n) is 9.46. The number of hydrogen-bond acceptors (Lipinski definition) is 3. The highest BCUT2D eigenvalue weighted by molar-refractivity contribution is 7.89. The molecular weight excluding hydrogens is 238 g/mol. The molecule has 5 heteroatoms. The molecule has 0 amide bonds. The van der Waals surface area contributed by atoms with E-state index in [1.807, 2.05) is 6.92 Å². The minimum absolute atomic E-state index is 0.116. The molecule has 0 saturated carbocycles. The van der Waals surface area contributed by atoms with E-state index in [-0.39, 0.29) is 18.0 Å². The Bertz CT molecular complexity index is 526. The molecule has 4 nitrogen and oxygen atoms in total. The molecule has 1 aromatic rings. The fourth-order valence-corrected chi connectivity index (χ4v) is 2.57. The first-order chi connectivity index (χ1) is 8.02. The number of aldehydes is 1. The van der Waals surface area contributed by atoms with E-state index in [1.165, 1.54) is 12.1 Å². The normalized spacial score (nSPS) is 11.1. The lowest BCUT2D eigenvalue weighted by atomic mass is 10.2. The fraction of sp³-hybridized carbons (Fsp3) is 0.250. The first-order valence-corrected chi connectivity index (χ1v) is 6.40. The van der Waals surface area contributed by atoms with Crippen LogP contribution in [0.5, 0.6) is 0 Å². The van der Waals surface area contributed by atoms with Gasteiger partial charge in [0.05, 0.1) is 18.0 Å². The van der Waals surface area contributed by atoms with Crippen LogP contribution in [-0.2, 0) is 14.8 Å². The van der Waals surface area contributed by atoms with Crippen molar-refractivity contribution in [1.29, 1.82) is 0 Å². The van der Waals surface area contributed by atoms with Gasteiger partial charge in [0.15, 0.2) is 0 Å². The molecule has 0 heterocycles. The summed E-state index contributed by atoms with van der Waals surface area (Å²) in [4.78, 5) is 10.6. The number of sulfonamides is 1. The van der Waals surface area contributed by atoms with Gasteiger partial charge in [0, 0.05) is 0 Å². The van der Waals surface area contributed by atoms with E-state index in [0.29, 0.717) is 6.29 Å². The van der Waals surface area contributed by atoms with Crippen molar-refractivity contribution in [2.45, 2.75) is 11.8 Å². The van der Waals surface area contributed by atoms with Gasteiger partial charge >= 0.3 is 0 Å². The molecule has 0 saturated heterocycles. The third-order valence-corrected chi connectivity index (χ3v) is 4.03. The van der Waals surface area contributed by atoms with E-state index in [4.69, 9.17) is 6.42 Å². The highest BCUT2D eigenvalue weighted by Gasteiger charge is 2.22. The number of nitrogens with zero attached hydrogens (tertiary/aromatic N) is 1. The van der Waals surface area contributed by atoms with Crippen LogP contribution in [0, 0.1) is 19.3 Å². The van der Waals surface area contributed by atoms with Crippen molar-refractivity contribution in [3.63, 3.8) is 0 Å². The van der Waals surface area contributed by atoms with Gasteiger partial charge in [-0.1, -0.05) is 23.6 Å². The van der Waals surface area contributed by atoms with Crippen LogP contribution >= 0.6 is 0 Å². The number of rotatable bonds is 5. The van der Waals surface area contributed by atoms with Gasteiger partial charge in [-0.2, -0.15) is 4.31 Å². The molecule has 0 spiro atoms. The Balaban J connectivity index is 3.12. The fourth-order valence-electron chi connectivity index (χ4n) is 1.29. The van der Waals surface area contributed by atoms with Gasteiger partial charge in [-0.15, -0.1) is 6.42 Å². The lowest BCUT2D eigenvalue weighted by molar-refractivity contribution is -0.108. The Morgan fingerprint density at radius 3 is 2.41 bits per heavy atom. The van der Waals surface area contributed by atoms with Crippen LogP contribution < -0.4 is 0 Å². The van der Waals surface area contributed by atoms with E-state index >= 15 is 0 Å². The molecule has 17 heavy (non-hydrogen) atoms. The van der Waals surface area contributed by atoms with Crippen LogP contribution in [0.4, 0.5) is 0 Å². The van der Waals surface area contributed by atoms with Crippen molar-refractivity contribution in [1.82, 2.24) is 4.31 Å². The van der Waals surface area contributed by atoms with Crippen molar-refractivity contribution in [3.8, 4) is 12.3 Å². The van der Waals surface area contributed by atoms with Crippen molar-refractivity contribution < 1.29 is 13.2 Å². The number of carbonyl (C=O) groups is 1. The summed E-state index contributed by atoms with van der Waals surface area (Å²) in [7, 11) is -3.68. The molecule has 90 valence electrons. The maximum atomic E-state index is 12.1. The zero-order chi connectivity index (χ0) is 12.9. The Morgan fingerprint density at radius 2 is 1.94 bits per heavy atom. The molecule has 0 radical (unpaired) electrons. The third-order valence-electron chi connectivity index (χ3n) is 2.20. The van der Waals surface area contributed by atoms with Crippen molar-refractivity contribution >= 4 is 16.3 Å². The monoisotopic (exact) mass is 251 g/mol. The first-order valence-electron chi connectivity index (χ1n) is 4.96. The molecular formula is C12H13NO3S. The van der Waals surface area contributed by atoms with Gasteiger partial charge in [-0.05, 0) is 19.1 Å². The van der Waals surface area contributed by atoms with Crippen LogP contribution in [0.15, 0.2) is 29.2 Å². The second-order valence-electron chi connectivity index (χ2n) is 3.48. The van der Waals surface area contributed by atoms with Gasteiger partial charge in [-0.3, -0.25) is 0 Å². The first kappa shape index (κ1) is 13.4. The van der Waals surface area contributed by atoms with Crippen LogP contribution in [-0.4, -0.2) is 32.1 Å². The van der Waals surface area contributed by atoms with E-state index in [1.54, 1.807) is 12.1 Å². The van der Waals surface area contributed by atoms with Gasteiger partial charge in [0.25, 0.3) is 0 Å². The summed E-state index contributed by atoms with van der Waals surface area (Å²) in [6.45, 7) is 1.51. The quantitative estimate of drug-likeness (QED) is 0.575. The molecule has 1 aromatic carbocycles. The average molecular weight is 251 g/mol. The second-order valence-corrected chi connectivity index (χ2v) is 5.42. The molecule has 0 aliphatic heterocycles. The summed E-state index contributed by atoms with van der Waals surface area (Å²) in [5.41, 5.74) is 0.961. The SMILES string of the molecule is C#CCN(CC=O)S(=O)(=O)c1ccc(C)cc1. The van der Waals surface area contributed by atoms with E-state index in [2.05, 4.69) is 5.92 Å². The summed E-state index contributed by atoms with van der Waals surface area (Å²) in [6.07, 6.45) is 5.60. The maximum absolute atomic E-state index is 12.1. The predicted molar refractivity (Wildman–Crippen MR) is 64.8 cm³/mol. The number of terminal acetylenes is 1. The highest BCUT2D eigenvalue weighted by Crippen LogP contribution is 2.15. The van der Waals surface area contributed by atoms with Crippen molar-refractivity contribution in [2.24, 2.45) is 0 Å². The molecule has 0 aromatic heterocycles. The number of hydrogen-bond donors (Lipinski definition) is 0. The van der Waals surface area contributed by atoms with Crippen molar-refractivity contribution in [3.05, 3.63) is 29.8 Å². The van der Waals surface area contributed by atoms with E-state index in [9.17, 15) is 13.2 Å². The molecule has 0 unspecified atom stereocenters. The number of benzene rings is 1. The van der Waals surface area contributed by atoms with E-state index < -0.39 is 10.0 Å². The summed E-state index contributed by atoms with van der Waals surface area (Å²) >= 11 is 0. The average Bonchev–Trinajstić information content (AvgIpc) is 2.29. The maximum Gasteiger partial charge on any atom is 0.244 e. The van der Waals surface area contributed by atoms with Crippen LogP contribution in [0.25, 0.3) is 0 Å². The smallest absolute Gasteiger partial charge is 0.244 e. The third kappa shape index (κ3) is 3.16. The van der Waals surface area contributed by atoms with Gasteiger partial charge in [0.2, 0.25) is 10.0 Å². The van der Waals surface area contributed by atoms with Gasteiger partial charge < -0.3 is 4.79 Å². The predicted octanol–water partition coefficient (Wildman–Crippen LogP) is 0.818. The summed E-state index contributed by atoms with van der Waals surface area (Å²) < 4.78 is 25.2. The molecule has 0 atom stereocenters. The van der Waals surface area contributed by atoms with Crippen LogP contribution in [0.2, 0.25) is 0 Å². The van der Waals surface area contributed by atoms with Crippen molar-refractivity contribution in [2.75, 3.05) is 13.1 Å². The van der Waals surface area contributed by atoms with Gasteiger partial charge in [0.1, 0.15) is 6.29 Å².